The van der Waals surface area contributed by atoms with E-state index in [1.807, 2.05) is 12.1 Å². The van der Waals surface area contributed by atoms with E-state index < -0.39 is 0 Å². The average molecular weight is 299 g/mol. The fraction of sp³-hybridized carbons (Fsp3) is 0. The molecule has 2 aromatic carbocycles. The molecular formula is C16H8Cl2N2. The van der Waals surface area contributed by atoms with Crippen LogP contribution >= 0.6 is 23.2 Å². The first kappa shape index (κ1) is 14.2. The van der Waals surface area contributed by atoms with E-state index in [1.165, 1.54) is 0 Å². The topological polar surface area (TPSA) is 47.6 Å². The van der Waals surface area contributed by atoms with Gasteiger partial charge in [0.15, 0.2) is 0 Å². The molecule has 20 heavy (non-hydrogen) atoms. The van der Waals surface area contributed by atoms with Gasteiger partial charge in [-0.25, -0.2) is 0 Å². The Balaban J connectivity index is 2.67. The van der Waals surface area contributed by atoms with Gasteiger partial charge in [0, 0.05) is 15.6 Å². The van der Waals surface area contributed by atoms with Crippen molar-refractivity contribution in [1.29, 1.82) is 10.5 Å². The smallest absolute Gasteiger partial charge is 0.138 e. The first-order chi connectivity index (χ1) is 9.65. The van der Waals surface area contributed by atoms with Crippen LogP contribution in [0.25, 0.3) is 5.57 Å². The number of rotatable bonds is 2. The second-order valence-corrected chi connectivity index (χ2v) is 4.86. The third-order valence-electron chi connectivity index (χ3n) is 2.74. The van der Waals surface area contributed by atoms with Crippen LogP contribution < -0.4 is 0 Å². The van der Waals surface area contributed by atoms with Crippen LogP contribution in [0.15, 0.2) is 54.1 Å². The second-order valence-electron chi connectivity index (χ2n) is 3.99. The highest BCUT2D eigenvalue weighted by Gasteiger charge is 2.12. The summed E-state index contributed by atoms with van der Waals surface area (Å²) >= 11 is 11.7. The Bertz CT molecular complexity index is 667. The molecule has 0 aliphatic heterocycles. The highest BCUT2D eigenvalue weighted by molar-refractivity contribution is 6.31. The summed E-state index contributed by atoms with van der Waals surface area (Å²) in [6.07, 6.45) is 0. The number of halogens is 2. The largest absolute Gasteiger partial charge is 0.192 e. The van der Waals surface area contributed by atoms with Crippen LogP contribution in [0.3, 0.4) is 0 Å². The number of allylic oxidation sites excluding steroid dienone is 1. The van der Waals surface area contributed by atoms with Crippen LogP contribution in [-0.4, -0.2) is 0 Å². The van der Waals surface area contributed by atoms with Crippen molar-refractivity contribution in [3.63, 3.8) is 0 Å². The monoisotopic (exact) mass is 298 g/mol. The van der Waals surface area contributed by atoms with Crippen molar-refractivity contribution in [2.24, 2.45) is 0 Å². The molecule has 0 N–H and O–H groups in total. The summed E-state index contributed by atoms with van der Waals surface area (Å²) in [5.41, 5.74) is 2.14. The summed E-state index contributed by atoms with van der Waals surface area (Å²) in [7, 11) is 0. The van der Waals surface area contributed by atoms with E-state index in [4.69, 9.17) is 33.7 Å². The van der Waals surface area contributed by atoms with Gasteiger partial charge in [0.25, 0.3) is 0 Å². The first-order valence-corrected chi connectivity index (χ1v) is 6.47. The van der Waals surface area contributed by atoms with Gasteiger partial charge in [0.2, 0.25) is 0 Å². The van der Waals surface area contributed by atoms with Gasteiger partial charge < -0.3 is 0 Å². The van der Waals surface area contributed by atoms with Gasteiger partial charge in [-0.2, -0.15) is 10.5 Å². The zero-order valence-corrected chi connectivity index (χ0v) is 11.8. The first-order valence-electron chi connectivity index (χ1n) is 5.72. The normalized spacial score (nSPS) is 9.40. The van der Waals surface area contributed by atoms with Gasteiger partial charge in [0.1, 0.15) is 17.7 Å². The molecule has 2 aromatic rings. The zero-order chi connectivity index (χ0) is 14.5. The zero-order valence-electron chi connectivity index (χ0n) is 10.3. The maximum atomic E-state index is 9.15. The number of nitriles is 2. The van der Waals surface area contributed by atoms with E-state index in [-0.39, 0.29) is 5.57 Å². The van der Waals surface area contributed by atoms with E-state index >= 15 is 0 Å². The van der Waals surface area contributed by atoms with Crippen molar-refractivity contribution in [1.82, 2.24) is 0 Å². The predicted molar refractivity (Wildman–Crippen MR) is 80.2 cm³/mol. The van der Waals surface area contributed by atoms with Crippen molar-refractivity contribution >= 4 is 28.8 Å². The molecule has 0 saturated carbocycles. The predicted octanol–water partition coefficient (Wildman–Crippen LogP) is 4.84. The van der Waals surface area contributed by atoms with Gasteiger partial charge in [-0.15, -0.1) is 0 Å². The molecule has 0 aliphatic carbocycles. The Morgan fingerprint density at radius 3 is 1.35 bits per heavy atom. The SMILES string of the molecule is N#CC(C#N)=C(c1ccc(Cl)cc1)c1ccc(Cl)cc1. The van der Waals surface area contributed by atoms with Gasteiger partial charge in [-0.3, -0.25) is 0 Å². The summed E-state index contributed by atoms with van der Waals surface area (Å²) in [6, 6.07) is 17.9. The number of nitrogens with zero attached hydrogens (tertiary/aromatic N) is 2. The van der Waals surface area contributed by atoms with Gasteiger partial charge in [0.05, 0.1) is 0 Å². The molecule has 0 aromatic heterocycles. The van der Waals surface area contributed by atoms with Crippen LogP contribution in [0.1, 0.15) is 11.1 Å². The maximum absolute atomic E-state index is 9.15. The minimum Gasteiger partial charge on any atom is -0.192 e. The molecule has 0 saturated heterocycles. The Morgan fingerprint density at radius 2 is 1.05 bits per heavy atom. The standard InChI is InChI=1S/C16H8Cl2N2/c17-14-5-1-11(2-6-14)16(13(9-19)10-20)12-3-7-15(18)8-4-12/h1-8H. The van der Waals surface area contributed by atoms with Crippen molar-refractivity contribution < 1.29 is 0 Å². The van der Waals surface area contributed by atoms with Crippen LogP contribution in [0.5, 0.6) is 0 Å². The lowest BCUT2D eigenvalue weighted by atomic mass is 9.94. The second kappa shape index (κ2) is 6.26. The molecule has 4 heteroatoms. The quantitative estimate of drug-likeness (QED) is 0.745. The molecule has 0 unspecified atom stereocenters. The fourth-order valence-corrected chi connectivity index (χ4v) is 2.08. The van der Waals surface area contributed by atoms with Crippen molar-refractivity contribution in [3.8, 4) is 12.1 Å². The summed E-state index contributed by atoms with van der Waals surface area (Å²) < 4.78 is 0. The molecule has 0 aliphatic rings. The third kappa shape index (κ3) is 3.00. The van der Waals surface area contributed by atoms with Crippen LogP contribution in [0.4, 0.5) is 0 Å². The van der Waals surface area contributed by atoms with E-state index in [0.29, 0.717) is 15.6 Å². The Labute approximate surface area is 127 Å². The Kier molecular flexibility index (Phi) is 4.43. The summed E-state index contributed by atoms with van der Waals surface area (Å²) in [5, 5.41) is 19.5. The number of benzene rings is 2. The average Bonchev–Trinajstić information content (AvgIpc) is 2.47. The lowest BCUT2D eigenvalue weighted by Crippen LogP contribution is -1.92. The van der Waals surface area contributed by atoms with Crippen molar-refractivity contribution in [2.45, 2.75) is 0 Å². The summed E-state index contributed by atoms with van der Waals surface area (Å²) in [6.45, 7) is 0. The van der Waals surface area contributed by atoms with Gasteiger partial charge >= 0.3 is 0 Å². The highest BCUT2D eigenvalue weighted by atomic mass is 35.5. The molecule has 2 rings (SSSR count). The minimum atomic E-state index is 0.0506. The third-order valence-corrected chi connectivity index (χ3v) is 3.24. The molecule has 2 nitrogen and oxygen atoms in total. The van der Waals surface area contributed by atoms with E-state index in [0.717, 1.165) is 11.1 Å². The van der Waals surface area contributed by atoms with Crippen molar-refractivity contribution in [2.75, 3.05) is 0 Å². The molecule has 0 atom stereocenters. The molecule has 0 spiro atoms. The lowest BCUT2D eigenvalue weighted by molar-refractivity contribution is 1.44. The fourth-order valence-electron chi connectivity index (χ4n) is 1.83. The van der Waals surface area contributed by atoms with E-state index in [1.54, 1.807) is 48.5 Å². The lowest BCUT2D eigenvalue weighted by Gasteiger charge is -2.09. The highest BCUT2D eigenvalue weighted by Crippen LogP contribution is 2.28. The molecular weight excluding hydrogens is 291 g/mol. The Hall–Kier alpha value is -2.26. The number of hydrogen-bond donors (Lipinski definition) is 0. The van der Waals surface area contributed by atoms with E-state index in [9.17, 15) is 0 Å². The van der Waals surface area contributed by atoms with Gasteiger partial charge in [-0.1, -0.05) is 47.5 Å². The van der Waals surface area contributed by atoms with E-state index in [2.05, 4.69) is 0 Å². The molecule has 0 bridgehead atoms. The van der Waals surface area contributed by atoms with Crippen LogP contribution in [0.2, 0.25) is 10.0 Å². The molecule has 0 heterocycles. The minimum absolute atomic E-state index is 0.0506. The molecule has 0 amide bonds. The summed E-state index contributed by atoms with van der Waals surface area (Å²) in [5.74, 6) is 0. The van der Waals surface area contributed by atoms with Crippen LogP contribution in [0, 0.1) is 22.7 Å². The molecule has 0 radical (unpaired) electrons. The van der Waals surface area contributed by atoms with Crippen LogP contribution in [-0.2, 0) is 0 Å². The maximum Gasteiger partial charge on any atom is 0.138 e. The van der Waals surface area contributed by atoms with Crippen molar-refractivity contribution in [3.05, 3.63) is 75.3 Å². The molecule has 96 valence electrons. The molecule has 0 fully saturated rings. The number of hydrogen-bond acceptors (Lipinski definition) is 2. The van der Waals surface area contributed by atoms with Gasteiger partial charge in [-0.05, 0) is 35.4 Å². The Morgan fingerprint density at radius 1 is 0.700 bits per heavy atom. The summed E-state index contributed by atoms with van der Waals surface area (Å²) in [4.78, 5) is 0.